The summed E-state index contributed by atoms with van der Waals surface area (Å²) >= 11 is 0. The number of aliphatic hydroxyl groups excluding tert-OH is 1. The molecule has 3 saturated heterocycles. The number of benzene rings is 2. The molecule has 0 aromatic heterocycles. The van der Waals surface area contributed by atoms with Crippen molar-refractivity contribution in [2.45, 2.75) is 75.4 Å². The van der Waals surface area contributed by atoms with Crippen molar-refractivity contribution in [1.29, 1.82) is 0 Å². The molecule has 0 unspecified atom stereocenters. The van der Waals surface area contributed by atoms with Gasteiger partial charge in [0.25, 0.3) is 5.91 Å². The van der Waals surface area contributed by atoms with E-state index in [0.717, 1.165) is 50.1 Å². The van der Waals surface area contributed by atoms with Gasteiger partial charge in [0, 0.05) is 23.5 Å². The molecule has 3 heterocycles. The number of rotatable bonds is 8. The van der Waals surface area contributed by atoms with Crippen LogP contribution in [-0.4, -0.2) is 68.2 Å². The van der Waals surface area contributed by atoms with Gasteiger partial charge >= 0.3 is 0 Å². The molecule has 0 radical (unpaired) electrons. The second-order valence-corrected chi connectivity index (χ2v) is 15.9. The topological polar surface area (TPSA) is 85.3 Å². The number of anilines is 2. The van der Waals surface area contributed by atoms with E-state index in [-0.39, 0.29) is 36.2 Å². The Morgan fingerprint density at radius 1 is 1.03 bits per heavy atom. The monoisotopic (exact) mass is 537 g/mol. The lowest BCUT2D eigenvalue weighted by atomic mass is 9.86. The normalized spacial score (nSPS) is 27.4. The third-order valence-corrected chi connectivity index (χ3v) is 11.5. The van der Waals surface area contributed by atoms with Crippen molar-refractivity contribution in [2.24, 2.45) is 5.92 Å². The highest BCUT2D eigenvalue weighted by Gasteiger charge is 2.53. The van der Waals surface area contributed by atoms with Gasteiger partial charge in [-0.2, -0.15) is 0 Å². The summed E-state index contributed by atoms with van der Waals surface area (Å²) in [4.78, 5) is 29.2. The summed E-state index contributed by atoms with van der Waals surface area (Å²) in [5.74, 6) is 0.443. The largest absolute Gasteiger partial charge is 0.432 e. The summed E-state index contributed by atoms with van der Waals surface area (Å²) in [7, 11) is -2.42. The minimum atomic E-state index is -2.42. The van der Waals surface area contributed by atoms with E-state index in [1.807, 2.05) is 42.3 Å². The minimum Gasteiger partial charge on any atom is -0.432 e. The van der Waals surface area contributed by atoms with E-state index in [1.165, 1.54) is 5.56 Å². The molecule has 3 fully saturated rings. The first-order valence-corrected chi connectivity index (χ1v) is 17.2. The van der Waals surface area contributed by atoms with Crippen LogP contribution in [-0.2, 0) is 16.0 Å². The zero-order chi connectivity index (χ0) is 26.9. The number of aryl methyl sites for hydroxylation is 1. The van der Waals surface area contributed by atoms with E-state index in [2.05, 4.69) is 47.5 Å². The quantitative estimate of drug-likeness (QED) is 0.443. The Hall–Kier alpha value is -2.23. The van der Waals surface area contributed by atoms with Crippen LogP contribution in [0, 0.1) is 5.92 Å². The fraction of sp³-hybridized carbons (Fsp3) is 0.567. The lowest BCUT2D eigenvalue weighted by Gasteiger charge is -2.39. The number of ether oxygens (including phenoxy) is 1. The Morgan fingerprint density at radius 3 is 2.42 bits per heavy atom. The maximum atomic E-state index is 14.0. The lowest BCUT2D eigenvalue weighted by Crippen LogP contribution is -2.55. The Morgan fingerprint density at radius 2 is 1.74 bits per heavy atom. The molecular weight excluding hydrogens is 494 g/mol. The maximum Gasteiger partial charge on any atom is 0.254 e. The number of carbonyl (C=O) groups excluding carboxylic acids is 1. The van der Waals surface area contributed by atoms with Crippen LogP contribution >= 0.6 is 0 Å². The Bertz CT molecular complexity index is 1100. The number of hydrogen-bond donors (Lipinski definition) is 3. The van der Waals surface area contributed by atoms with Crippen LogP contribution in [0.25, 0.3) is 0 Å². The molecule has 3 aliphatic rings. The Balaban J connectivity index is 1.33. The molecule has 4 atom stereocenters. The molecule has 2 aromatic rings. The average Bonchev–Trinajstić information content (AvgIpc) is 3.37. The predicted molar refractivity (Wildman–Crippen MR) is 154 cm³/mol. The smallest absolute Gasteiger partial charge is 0.254 e. The van der Waals surface area contributed by atoms with Gasteiger partial charge in [-0.3, -0.25) is 9.69 Å². The molecule has 0 bridgehead atoms. The fourth-order valence-corrected chi connectivity index (χ4v) is 9.82. The molecule has 38 heavy (non-hydrogen) atoms. The fourth-order valence-electron chi connectivity index (χ4n) is 7.16. The average molecular weight is 538 g/mol. The summed E-state index contributed by atoms with van der Waals surface area (Å²) in [5, 5.41) is 13.0. The van der Waals surface area contributed by atoms with Crippen molar-refractivity contribution in [3.63, 3.8) is 0 Å². The van der Waals surface area contributed by atoms with Gasteiger partial charge < -0.3 is 24.9 Å². The van der Waals surface area contributed by atoms with Gasteiger partial charge in [0.1, 0.15) is 5.54 Å². The SMILES string of the molecule is C[C@H]1[C@H]([Si](C)(C)O)[C@@H](CCO)O[C@H]1CCc1cccc(N2CN(c3ccccc3)C3(CCNCC3)C2=O)c1. The zero-order valence-corrected chi connectivity index (χ0v) is 24.0. The molecule has 3 aliphatic heterocycles. The summed E-state index contributed by atoms with van der Waals surface area (Å²) in [6.07, 6.45) is 3.85. The molecule has 1 amide bonds. The van der Waals surface area contributed by atoms with Crippen LogP contribution in [0.2, 0.25) is 18.6 Å². The van der Waals surface area contributed by atoms with Crippen molar-refractivity contribution in [3.05, 3.63) is 60.2 Å². The zero-order valence-electron chi connectivity index (χ0n) is 23.0. The number of piperidine rings is 1. The number of carbonyl (C=O) groups is 1. The van der Waals surface area contributed by atoms with Crippen LogP contribution in [0.4, 0.5) is 11.4 Å². The molecule has 0 saturated carbocycles. The Kier molecular flexibility index (Phi) is 7.98. The van der Waals surface area contributed by atoms with E-state index >= 15 is 0 Å². The summed E-state index contributed by atoms with van der Waals surface area (Å²) in [6.45, 7) is 8.46. The molecule has 206 valence electrons. The minimum absolute atomic E-state index is 0.0548. The van der Waals surface area contributed by atoms with Crippen LogP contribution in [0.15, 0.2) is 54.6 Å². The van der Waals surface area contributed by atoms with Crippen LogP contribution in [0.3, 0.4) is 0 Å². The second kappa shape index (κ2) is 11.1. The second-order valence-electron chi connectivity index (χ2n) is 11.9. The van der Waals surface area contributed by atoms with E-state index in [9.17, 15) is 14.7 Å². The van der Waals surface area contributed by atoms with Crippen molar-refractivity contribution >= 4 is 25.6 Å². The number of hydrogen-bond acceptors (Lipinski definition) is 6. The number of nitrogens with zero attached hydrogens (tertiary/aromatic N) is 2. The first kappa shape index (κ1) is 27.3. The highest BCUT2D eigenvalue weighted by atomic mass is 28.4. The highest BCUT2D eigenvalue weighted by Crippen LogP contribution is 2.45. The highest BCUT2D eigenvalue weighted by molar-refractivity contribution is 6.71. The first-order chi connectivity index (χ1) is 18.2. The number of amides is 1. The van der Waals surface area contributed by atoms with Crippen molar-refractivity contribution in [3.8, 4) is 0 Å². The molecule has 8 heteroatoms. The number of para-hydroxylation sites is 1. The van der Waals surface area contributed by atoms with Gasteiger partial charge in [-0.05, 0) is 94.0 Å². The Labute approximate surface area is 227 Å². The molecule has 2 aromatic carbocycles. The standard InChI is InChI=1S/C30H43N3O4Si/c1-22-26(37-27(14-19-34)28(22)38(2,3)36)13-12-23-8-7-11-25(20-23)32-21-33(24-9-5-4-6-10-24)30(29(32)35)15-17-31-18-16-30/h4-11,20,22,26-28,31,34,36H,12-19,21H2,1-3H3/t22-,26+,27-,28+/m1/s1. The summed E-state index contributed by atoms with van der Waals surface area (Å²) in [5.41, 5.74) is 2.85. The molecule has 1 spiro atoms. The molecular formula is C30H43N3O4Si. The number of aliphatic hydroxyl groups is 1. The number of nitrogens with one attached hydrogen (secondary N) is 1. The van der Waals surface area contributed by atoms with Gasteiger partial charge in [0.05, 0.1) is 18.9 Å². The van der Waals surface area contributed by atoms with Gasteiger partial charge in [-0.1, -0.05) is 37.3 Å². The van der Waals surface area contributed by atoms with Gasteiger partial charge in [-0.15, -0.1) is 0 Å². The van der Waals surface area contributed by atoms with Crippen molar-refractivity contribution in [2.75, 3.05) is 36.2 Å². The summed E-state index contributed by atoms with van der Waals surface area (Å²) < 4.78 is 6.40. The van der Waals surface area contributed by atoms with Crippen LogP contribution < -0.4 is 15.1 Å². The van der Waals surface area contributed by atoms with Gasteiger partial charge in [0.15, 0.2) is 8.32 Å². The third kappa shape index (κ3) is 5.17. The van der Waals surface area contributed by atoms with Crippen molar-refractivity contribution in [1.82, 2.24) is 5.32 Å². The molecule has 0 aliphatic carbocycles. The lowest BCUT2D eigenvalue weighted by molar-refractivity contribution is -0.122. The third-order valence-electron chi connectivity index (χ3n) is 9.01. The van der Waals surface area contributed by atoms with E-state index in [0.29, 0.717) is 13.1 Å². The predicted octanol–water partition coefficient (Wildman–Crippen LogP) is 3.91. The van der Waals surface area contributed by atoms with Gasteiger partial charge in [0.2, 0.25) is 0 Å². The van der Waals surface area contributed by atoms with Crippen LogP contribution in [0.5, 0.6) is 0 Å². The summed E-state index contributed by atoms with van der Waals surface area (Å²) in [6, 6.07) is 18.7. The van der Waals surface area contributed by atoms with E-state index in [4.69, 9.17) is 4.74 Å². The first-order valence-electron chi connectivity index (χ1n) is 14.2. The van der Waals surface area contributed by atoms with Crippen LogP contribution in [0.1, 0.15) is 38.2 Å². The van der Waals surface area contributed by atoms with E-state index < -0.39 is 13.9 Å². The molecule has 5 rings (SSSR count). The van der Waals surface area contributed by atoms with Crippen molar-refractivity contribution < 1.29 is 19.4 Å². The maximum absolute atomic E-state index is 14.0. The van der Waals surface area contributed by atoms with Gasteiger partial charge in [-0.25, -0.2) is 0 Å². The van der Waals surface area contributed by atoms with E-state index in [1.54, 1.807) is 0 Å². The molecule has 3 N–H and O–H groups in total. The molecule has 7 nitrogen and oxygen atoms in total.